The Morgan fingerprint density at radius 2 is 1.87 bits per heavy atom. The van der Waals surface area contributed by atoms with Crippen LogP contribution in [0.15, 0.2) is 53.5 Å². The lowest BCUT2D eigenvalue weighted by atomic mass is 10.1. The summed E-state index contributed by atoms with van der Waals surface area (Å²) in [7, 11) is 0. The number of nitrogens with zero attached hydrogens (tertiary/aromatic N) is 2. The van der Waals surface area contributed by atoms with Crippen molar-refractivity contribution in [3.05, 3.63) is 59.7 Å². The number of amides is 1. The summed E-state index contributed by atoms with van der Waals surface area (Å²) in [5.41, 5.74) is 3.22. The number of hydrogen-bond acceptors (Lipinski definition) is 7. The number of rotatable bonds is 7. The SMILES string of the molecule is O=C(COC(=O)c1ccccc1CSC1=NCCS1)Nc1ccc(N2CCCC2)cc1. The number of aliphatic imine (C=N–C) groups is 1. The second-order valence-electron chi connectivity index (χ2n) is 7.31. The molecule has 1 amide bonds. The van der Waals surface area contributed by atoms with Gasteiger partial charge in [-0.1, -0.05) is 41.7 Å². The molecule has 162 valence electrons. The van der Waals surface area contributed by atoms with Gasteiger partial charge in [0.1, 0.15) is 4.38 Å². The molecule has 0 atom stereocenters. The Labute approximate surface area is 190 Å². The molecule has 8 heteroatoms. The van der Waals surface area contributed by atoms with E-state index in [9.17, 15) is 9.59 Å². The Hall–Kier alpha value is -2.45. The van der Waals surface area contributed by atoms with Gasteiger partial charge in [0.15, 0.2) is 6.61 Å². The fourth-order valence-electron chi connectivity index (χ4n) is 3.52. The fraction of sp³-hybridized carbons (Fsp3) is 0.348. The van der Waals surface area contributed by atoms with Crippen LogP contribution in [0, 0.1) is 0 Å². The van der Waals surface area contributed by atoms with E-state index in [1.807, 2.05) is 36.4 Å². The highest BCUT2D eigenvalue weighted by Crippen LogP contribution is 2.27. The number of thioether (sulfide) groups is 2. The van der Waals surface area contributed by atoms with Gasteiger partial charge in [0.05, 0.1) is 12.1 Å². The van der Waals surface area contributed by atoms with Crippen LogP contribution in [-0.4, -0.2) is 48.2 Å². The van der Waals surface area contributed by atoms with Crippen molar-refractivity contribution in [2.75, 3.05) is 42.2 Å². The Balaban J connectivity index is 1.27. The number of carbonyl (C=O) groups is 2. The zero-order valence-corrected chi connectivity index (χ0v) is 18.8. The molecular weight excluding hydrogens is 430 g/mol. The van der Waals surface area contributed by atoms with E-state index < -0.39 is 5.97 Å². The van der Waals surface area contributed by atoms with Gasteiger partial charge in [-0.15, -0.1) is 0 Å². The minimum atomic E-state index is -0.489. The molecule has 0 spiro atoms. The first kappa shape index (κ1) is 21.8. The van der Waals surface area contributed by atoms with Gasteiger partial charge >= 0.3 is 5.97 Å². The summed E-state index contributed by atoms with van der Waals surface area (Å²) in [6, 6.07) is 15.1. The molecule has 1 fully saturated rings. The second kappa shape index (κ2) is 10.7. The van der Waals surface area contributed by atoms with Gasteiger partial charge in [0, 0.05) is 36.0 Å². The minimum Gasteiger partial charge on any atom is -0.452 e. The lowest BCUT2D eigenvalue weighted by molar-refractivity contribution is -0.119. The number of ether oxygens (including phenoxy) is 1. The zero-order valence-electron chi connectivity index (χ0n) is 17.2. The third-order valence-corrected chi connectivity index (χ3v) is 7.40. The fourth-order valence-corrected chi connectivity index (χ4v) is 5.54. The van der Waals surface area contributed by atoms with E-state index in [-0.39, 0.29) is 12.5 Å². The van der Waals surface area contributed by atoms with Gasteiger partial charge < -0.3 is 15.0 Å². The van der Waals surface area contributed by atoms with Crippen molar-refractivity contribution in [2.45, 2.75) is 18.6 Å². The summed E-state index contributed by atoms with van der Waals surface area (Å²) >= 11 is 3.37. The van der Waals surface area contributed by atoms with Crippen molar-refractivity contribution in [1.29, 1.82) is 0 Å². The maximum Gasteiger partial charge on any atom is 0.338 e. The number of hydrogen-bond donors (Lipinski definition) is 1. The van der Waals surface area contributed by atoms with Gasteiger partial charge in [0.2, 0.25) is 0 Å². The molecule has 2 aliphatic heterocycles. The third kappa shape index (κ3) is 6.04. The molecule has 1 saturated heterocycles. The van der Waals surface area contributed by atoms with E-state index in [0.29, 0.717) is 17.0 Å². The number of benzene rings is 2. The molecule has 4 rings (SSSR count). The van der Waals surface area contributed by atoms with E-state index in [1.165, 1.54) is 18.5 Å². The summed E-state index contributed by atoms with van der Waals surface area (Å²) in [6.45, 7) is 2.69. The third-order valence-electron chi connectivity index (χ3n) is 5.10. The summed E-state index contributed by atoms with van der Waals surface area (Å²) in [6.07, 6.45) is 2.44. The van der Waals surface area contributed by atoms with E-state index >= 15 is 0 Å². The number of nitrogens with one attached hydrogen (secondary N) is 1. The molecule has 0 aliphatic carbocycles. The molecule has 0 bridgehead atoms. The van der Waals surface area contributed by atoms with Gasteiger partial charge in [-0.2, -0.15) is 0 Å². The summed E-state index contributed by atoms with van der Waals surface area (Å²) in [4.78, 5) is 31.6. The average Bonchev–Trinajstić information content (AvgIpc) is 3.51. The van der Waals surface area contributed by atoms with Gasteiger partial charge in [-0.25, -0.2) is 4.79 Å². The van der Waals surface area contributed by atoms with Crippen molar-refractivity contribution in [2.24, 2.45) is 4.99 Å². The first-order valence-electron chi connectivity index (χ1n) is 10.4. The van der Waals surface area contributed by atoms with Crippen molar-refractivity contribution in [1.82, 2.24) is 0 Å². The highest BCUT2D eigenvalue weighted by atomic mass is 32.2. The molecule has 2 aliphatic rings. The maximum atomic E-state index is 12.6. The molecule has 2 aromatic rings. The molecular formula is C23H25N3O3S2. The average molecular weight is 456 g/mol. The van der Waals surface area contributed by atoms with E-state index in [4.69, 9.17) is 4.74 Å². The predicted molar refractivity (Wildman–Crippen MR) is 129 cm³/mol. The Morgan fingerprint density at radius 3 is 2.61 bits per heavy atom. The molecule has 31 heavy (non-hydrogen) atoms. The van der Waals surface area contributed by atoms with E-state index in [2.05, 4.69) is 15.2 Å². The quantitative estimate of drug-likeness (QED) is 0.624. The smallest absolute Gasteiger partial charge is 0.338 e. The van der Waals surface area contributed by atoms with Crippen LogP contribution in [0.5, 0.6) is 0 Å². The maximum absolute atomic E-state index is 12.6. The van der Waals surface area contributed by atoms with Crippen molar-refractivity contribution < 1.29 is 14.3 Å². The number of carbonyl (C=O) groups excluding carboxylic acids is 2. The lowest BCUT2D eigenvalue weighted by Gasteiger charge is -2.17. The standard InChI is InChI=1S/C23H25N3O3S2/c27-21(25-18-7-9-19(10-8-18)26-12-3-4-13-26)15-29-22(28)20-6-2-1-5-17(20)16-31-23-24-11-14-30-23/h1-2,5-10H,3-4,11-16H2,(H,25,27). The monoisotopic (exact) mass is 455 g/mol. The highest BCUT2D eigenvalue weighted by Gasteiger charge is 2.16. The molecule has 1 N–H and O–H groups in total. The zero-order chi connectivity index (χ0) is 21.5. The van der Waals surface area contributed by atoms with E-state index in [0.717, 1.165) is 35.3 Å². The van der Waals surface area contributed by atoms with Gasteiger partial charge in [0.25, 0.3) is 5.91 Å². The second-order valence-corrected chi connectivity index (χ2v) is 9.61. The van der Waals surface area contributed by atoms with Crippen LogP contribution >= 0.6 is 23.5 Å². The summed E-state index contributed by atoms with van der Waals surface area (Å²) in [5.74, 6) is 0.817. The largest absolute Gasteiger partial charge is 0.452 e. The molecule has 2 aromatic carbocycles. The van der Waals surface area contributed by atoms with Crippen molar-refractivity contribution in [3.63, 3.8) is 0 Å². The van der Waals surface area contributed by atoms with Crippen molar-refractivity contribution >= 4 is 51.2 Å². The van der Waals surface area contributed by atoms with Crippen LogP contribution in [0.3, 0.4) is 0 Å². The molecule has 0 radical (unpaired) electrons. The van der Waals surface area contributed by atoms with Crippen LogP contribution in [0.1, 0.15) is 28.8 Å². The molecule has 0 saturated carbocycles. The molecule has 0 unspecified atom stereocenters. The van der Waals surface area contributed by atoms with Crippen LogP contribution in [0.25, 0.3) is 0 Å². The summed E-state index contributed by atoms with van der Waals surface area (Å²) in [5, 5.41) is 2.79. The molecule has 6 nitrogen and oxygen atoms in total. The van der Waals surface area contributed by atoms with Crippen LogP contribution in [0.2, 0.25) is 0 Å². The van der Waals surface area contributed by atoms with Crippen molar-refractivity contribution in [3.8, 4) is 0 Å². The first-order chi connectivity index (χ1) is 15.2. The topological polar surface area (TPSA) is 71.0 Å². The normalized spacial score (nSPS) is 15.6. The number of anilines is 2. The van der Waals surface area contributed by atoms with Gasteiger partial charge in [-0.3, -0.25) is 9.79 Å². The van der Waals surface area contributed by atoms with Crippen LogP contribution in [-0.2, 0) is 15.3 Å². The minimum absolute atomic E-state index is 0.323. The lowest BCUT2D eigenvalue weighted by Crippen LogP contribution is -2.21. The van der Waals surface area contributed by atoms with Crippen LogP contribution in [0.4, 0.5) is 11.4 Å². The predicted octanol–water partition coefficient (Wildman–Crippen LogP) is 4.42. The molecule has 2 heterocycles. The first-order valence-corrected chi connectivity index (χ1v) is 12.4. The van der Waals surface area contributed by atoms with Gasteiger partial charge in [-0.05, 0) is 48.7 Å². The van der Waals surface area contributed by atoms with Crippen LogP contribution < -0.4 is 10.2 Å². The number of esters is 1. The Kier molecular flexibility index (Phi) is 7.53. The Bertz CT molecular complexity index is 957. The highest BCUT2D eigenvalue weighted by molar-refractivity contribution is 8.38. The Morgan fingerprint density at radius 1 is 1.10 bits per heavy atom. The summed E-state index contributed by atoms with van der Waals surface area (Å²) < 4.78 is 6.33. The molecule has 0 aromatic heterocycles. The van der Waals surface area contributed by atoms with E-state index in [1.54, 1.807) is 35.7 Å².